The zero-order chi connectivity index (χ0) is 21.7. The number of carbonyl (C=O) groups excluding carboxylic acids is 1. The lowest BCUT2D eigenvalue weighted by atomic mass is 10.2. The van der Waals surface area contributed by atoms with Crippen LogP contribution in [0.15, 0.2) is 57.8 Å². The Bertz CT molecular complexity index is 1140. The van der Waals surface area contributed by atoms with Gasteiger partial charge in [0.2, 0.25) is 15.9 Å². The normalized spacial score (nSPS) is 12.6. The van der Waals surface area contributed by atoms with Crippen LogP contribution in [0.25, 0.3) is 11.0 Å². The summed E-state index contributed by atoms with van der Waals surface area (Å²) in [6, 6.07) is 13.0. The molecule has 0 saturated carbocycles. The highest BCUT2D eigenvalue weighted by Gasteiger charge is 2.18. The highest BCUT2D eigenvalue weighted by atomic mass is 35.5. The van der Waals surface area contributed by atoms with E-state index < -0.39 is 10.0 Å². The Morgan fingerprint density at radius 1 is 1.20 bits per heavy atom. The summed E-state index contributed by atoms with van der Waals surface area (Å²) in [4.78, 5) is 12.3. The molecule has 1 heterocycles. The zero-order valence-corrected chi connectivity index (χ0v) is 18.2. The third kappa shape index (κ3) is 5.33. The van der Waals surface area contributed by atoms with E-state index in [-0.39, 0.29) is 29.8 Å². The van der Waals surface area contributed by atoms with Crippen molar-refractivity contribution < 1.29 is 22.4 Å². The van der Waals surface area contributed by atoms with Crippen LogP contribution in [0.4, 0.5) is 0 Å². The van der Waals surface area contributed by atoms with E-state index in [1.54, 1.807) is 19.1 Å². The van der Waals surface area contributed by atoms with E-state index in [1.165, 1.54) is 12.1 Å². The van der Waals surface area contributed by atoms with Crippen molar-refractivity contribution in [2.45, 2.75) is 31.2 Å². The van der Waals surface area contributed by atoms with Gasteiger partial charge in [-0.2, -0.15) is 0 Å². The second kappa shape index (κ2) is 9.51. The Labute approximate surface area is 180 Å². The third-order valence-corrected chi connectivity index (χ3v) is 6.08. The van der Waals surface area contributed by atoms with Crippen LogP contribution in [-0.2, 0) is 14.8 Å². The molecule has 3 aromatic rings. The molecule has 0 aliphatic carbocycles. The molecule has 0 saturated heterocycles. The Hall–Kier alpha value is -2.55. The van der Waals surface area contributed by atoms with Gasteiger partial charge in [-0.1, -0.05) is 29.8 Å². The summed E-state index contributed by atoms with van der Waals surface area (Å²) in [6.45, 7) is 4.17. The van der Waals surface area contributed by atoms with E-state index >= 15 is 0 Å². The van der Waals surface area contributed by atoms with Crippen LogP contribution in [0.5, 0.6) is 5.75 Å². The molecule has 1 aromatic heterocycles. The van der Waals surface area contributed by atoms with Crippen molar-refractivity contribution in [1.29, 1.82) is 0 Å². The van der Waals surface area contributed by atoms with Crippen molar-refractivity contribution in [3.63, 3.8) is 0 Å². The minimum absolute atomic E-state index is 0.0193. The van der Waals surface area contributed by atoms with E-state index in [1.807, 2.05) is 31.2 Å². The standard InChI is InChI=1S/C21H23ClN2O5S/c1-3-28-18-9-4-6-15-12-19(29-21(15)18)14(2)24-20(25)10-11-23-30(26,27)17-8-5-7-16(22)13-17/h4-9,12-14,23H,3,10-11H2,1-2H3,(H,24,25). The van der Waals surface area contributed by atoms with Gasteiger partial charge in [-0.25, -0.2) is 13.1 Å². The maximum atomic E-state index is 12.3. The largest absolute Gasteiger partial charge is 0.490 e. The number of furan rings is 1. The predicted octanol–water partition coefficient (Wildman–Crippen LogP) is 4.03. The Balaban J connectivity index is 1.57. The Morgan fingerprint density at radius 3 is 2.70 bits per heavy atom. The molecule has 9 heteroatoms. The maximum absolute atomic E-state index is 12.3. The van der Waals surface area contributed by atoms with E-state index in [0.717, 1.165) is 5.39 Å². The van der Waals surface area contributed by atoms with E-state index in [9.17, 15) is 13.2 Å². The Kier molecular flexibility index (Phi) is 7.02. The molecule has 0 aliphatic heterocycles. The van der Waals surface area contributed by atoms with Gasteiger partial charge in [0.1, 0.15) is 5.76 Å². The molecule has 0 radical (unpaired) electrons. The SMILES string of the molecule is CCOc1cccc2cc(C(C)NC(=O)CCNS(=O)(=O)c3cccc(Cl)c3)oc12. The number of halogens is 1. The first-order valence-electron chi connectivity index (χ1n) is 9.50. The number of ether oxygens (including phenoxy) is 1. The minimum atomic E-state index is -3.73. The molecule has 0 aliphatic rings. The molecule has 160 valence electrons. The molecule has 0 bridgehead atoms. The van der Waals surface area contributed by atoms with Crippen molar-refractivity contribution >= 4 is 38.5 Å². The second-order valence-electron chi connectivity index (χ2n) is 6.65. The molecule has 1 unspecified atom stereocenters. The Morgan fingerprint density at radius 2 is 1.97 bits per heavy atom. The first-order valence-corrected chi connectivity index (χ1v) is 11.4. The van der Waals surface area contributed by atoms with Crippen LogP contribution in [0, 0.1) is 0 Å². The number of rotatable bonds is 9. The number of hydrogen-bond acceptors (Lipinski definition) is 5. The lowest BCUT2D eigenvalue weighted by Crippen LogP contribution is -2.32. The van der Waals surface area contributed by atoms with Crippen LogP contribution in [0.2, 0.25) is 5.02 Å². The highest BCUT2D eigenvalue weighted by molar-refractivity contribution is 7.89. The smallest absolute Gasteiger partial charge is 0.240 e. The monoisotopic (exact) mass is 450 g/mol. The topological polar surface area (TPSA) is 97.6 Å². The second-order valence-corrected chi connectivity index (χ2v) is 8.85. The summed E-state index contributed by atoms with van der Waals surface area (Å²) in [7, 11) is -3.73. The average Bonchev–Trinajstić information content (AvgIpc) is 3.13. The molecule has 7 nitrogen and oxygen atoms in total. The molecule has 2 N–H and O–H groups in total. The van der Waals surface area contributed by atoms with Crippen LogP contribution < -0.4 is 14.8 Å². The fourth-order valence-electron chi connectivity index (χ4n) is 2.94. The molecule has 30 heavy (non-hydrogen) atoms. The van der Waals surface area contributed by atoms with Gasteiger partial charge < -0.3 is 14.5 Å². The predicted molar refractivity (Wildman–Crippen MR) is 115 cm³/mol. The van der Waals surface area contributed by atoms with Gasteiger partial charge in [0.25, 0.3) is 0 Å². The van der Waals surface area contributed by atoms with Crippen LogP contribution >= 0.6 is 11.6 Å². The summed E-state index contributed by atoms with van der Waals surface area (Å²) in [5.74, 6) is 0.932. The number of sulfonamides is 1. The number of para-hydroxylation sites is 1. The number of fused-ring (bicyclic) bond motifs is 1. The zero-order valence-electron chi connectivity index (χ0n) is 16.6. The van der Waals surface area contributed by atoms with Crippen molar-refractivity contribution in [3.8, 4) is 5.75 Å². The average molecular weight is 451 g/mol. The number of carbonyl (C=O) groups is 1. The summed E-state index contributed by atoms with van der Waals surface area (Å²) >= 11 is 5.83. The van der Waals surface area contributed by atoms with Gasteiger partial charge in [0.15, 0.2) is 11.3 Å². The lowest BCUT2D eigenvalue weighted by Gasteiger charge is -2.12. The first kappa shape index (κ1) is 22.1. The quantitative estimate of drug-likeness (QED) is 0.513. The molecular weight excluding hydrogens is 428 g/mol. The summed E-state index contributed by atoms with van der Waals surface area (Å²) in [5.41, 5.74) is 0.629. The van der Waals surface area contributed by atoms with Gasteiger partial charge in [0, 0.05) is 23.4 Å². The first-order chi connectivity index (χ1) is 14.3. The summed E-state index contributed by atoms with van der Waals surface area (Å²) in [5, 5.41) is 4.02. The van der Waals surface area contributed by atoms with Gasteiger partial charge in [0.05, 0.1) is 17.5 Å². The number of benzene rings is 2. The fourth-order valence-corrected chi connectivity index (χ4v) is 4.27. The molecule has 1 atom stereocenters. The van der Waals surface area contributed by atoms with Crippen molar-refractivity contribution in [1.82, 2.24) is 10.0 Å². The number of hydrogen-bond donors (Lipinski definition) is 2. The van der Waals surface area contributed by atoms with Crippen LogP contribution in [0.3, 0.4) is 0 Å². The number of nitrogens with one attached hydrogen (secondary N) is 2. The molecule has 1 amide bonds. The van der Waals surface area contributed by atoms with Gasteiger partial charge >= 0.3 is 0 Å². The summed E-state index contributed by atoms with van der Waals surface area (Å²) < 4.78 is 38.4. The fraction of sp³-hybridized carbons (Fsp3) is 0.286. The lowest BCUT2D eigenvalue weighted by molar-refractivity contribution is -0.121. The van der Waals surface area contributed by atoms with Crippen molar-refractivity contribution in [2.75, 3.05) is 13.2 Å². The van der Waals surface area contributed by atoms with Gasteiger partial charge in [-0.05, 0) is 44.2 Å². The van der Waals surface area contributed by atoms with Crippen LogP contribution in [-0.4, -0.2) is 27.5 Å². The van der Waals surface area contributed by atoms with Gasteiger partial charge in [-0.15, -0.1) is 0 Å². The van der Waals surface area contributed by atoms with Crippen molar-refractivity contribution in [2.24, 2.45) is 0 Å². The number of amides is 1. The van der Waals surface area contributed by atoms with E-state index in [2.05, 4.69) is 10.0 Å². The maximum Gasteiger partial charge on any atom is 0.240 e. The minimum Gasteiger partial charge on any atom is -0.490 e. The molecular formula is C21H23ClN2O5S. The van der Waals surface area contributed by atoms with Crippen molar-refractivity contribution in [3.05, 3.63) is 59.3 Å². The van der Waals surface area contributed by atoms with Crippen LogP contribution in [0.1, 0.15) is 32.1 Å². The summed E-state index contributed by atoms with van der Waals surface area (Å²) in [6.07, 6.45) is -0.0193. The van der Waals surface area contributed by atoms with Gasteiger partial charge in [-0.3, -0.25) is 4.79 Å². The molecule has 2 aromatic carbocycles. The van der Waals surface area contributed by atoms with E-state index in [4.69, 9.17) is 20.8 Å². The highest BCUT2D eigenvalue weighted by Crippen LogP contribution is 2.31. The van der Waals surface area contributed by atoms with E-state index in [0.29, 0.717) is 28.7 Å². The molecule has 0 spiro atoms. The molecule has 3 rings (SSSR count). The third-order valence-electron chi connectivity index (χ3n) is 4.38. The molecule has 0 fully saturated rings.